The van der Waals surface area contributed by atoms with E-state index in [0.717, 1.165) is 18.2 Å². The van der Waals surface area contributed by atoms with Crippen LogP contribution in [0.3, 0.4) is 0 Å². The molecule has 0 amide bonds. The van der Waals surface area contributed by atoms with Gasteiger partial charge in [0.05, 0.1) is 5.69 Å². The van der Waals surface area contributed by atoms with Gasteiger partial charge in [0.2, 0.25) is 0 Å². The molecule has 0 bridgehead atoms. The van der Waals surface area contributed by atoms with Crippen molar-refractivity contribution in [2.24, 2.45) is 0 Å². The summed E-state index contributed by atoms with van der Waals surface area (Å²) in [6.07, 6.45) is 0. The topological polar surface area (TPSA) is 72.2 Å². The molecule has 0 aliphatic heterocycles. The van der Waals surface area contributed by atoms with E-state index in [1.165, 1.54) is 13.8 Å². The quantitative estimate of drug-likeness (QED) is 0.941. The van der Waals surface area contributed by atoms with Gasteiger partial charge >= 0.3 is 0 Å². The SMILES string of the molecule is Cc1noc(C)c1S(=O)(=O)Nc1ccc(F)c(F)c1. The van der Waals surface area contributed by atoms with Crippen LogP contribution in [0.25, 0.3) is 0 Å². The van der Waals surface area contributed by atoms with Gasteiger partial charge in [-0.15, -0.1) is 0 Å². The van der Waals surface area contributed by atoms with Gasteiger partial charge in [-0.25, -0.2) is 17.2 Å². The van der Waals surface area contributed by atoms with Crippen LogP contribution >= 0.6 is 0 Å². The smallest absolute Gasteiger partial charge is 0.267 e. The van der Waals surface area contributed by atoms with Crippen LogP contribution in [0.1, 0.15) is 11.5 Å². The number of hydrogen-bond donors (Lipinski definition) is 1. The molecule has 2 rings (SSSR count). The average Bonchev–Trinajstić information content (AvgIpc) is 2.64. The van der Waals surface area contributed by atoms with Gasteiger partial charge in [-0.3, -0.25) is 4.72 Å². The number of sulfonamides is 1. The van der Waals surface area contributed by atoms with E-state index >= 15 is 0 Å². The molecule has 1 aromatic heterocycles. The van der Waals surface area contributed by atoms with Crippen molar-refractivity contribution in [1.82, 2.24) is 5.16 Å². The molecule has 0 aliphatic rings. The standard InChI is InChI=1S/C11H10F2N2O3S/c1-6-11(7(2)18-14-6)19(16,17)15-8-3-4-9(12)10(13)5-8/h3-5,15H,1-2H3. The van der Waals surface area contributed by atoms with Gasteiger partial charge in [0.1, 0.15) is 5.69 Å². The molecule has 0 aliphatic carbocycles. The fraction of sp³-hybridized carbons (Fsp3) is 0.182. The average molecular weight is 288 g/mol. The summed E-state index contributed by atoms with van der Waals surface area (Å²) >= 11 is 0. The minimum atomic E-state index is -3.96. The Hall–Kier alpha value is -1.96. The van der Waals surface area contributed by atoms with Crippen LogP contribution in [-0.4, -0.2) is 13.6 Å². The van der Waals surface area contributed by atoms with E-state index in [9.17, 15) is 17.2 Å². The highest BCUT2D eigenvalue weighted by Gasteiger charge is 2.24. The highest BCUT2D eigenvalue weighted by molar-refractivity contribution is 7.92. The van der Waals surface area contributed by atoms with Crippen molar-refractivity contribution in [3.05, 3.63) is 41.3 Å². The van der Waals surface area contributed by atoms with Crippen molar-refractivity contribution in [2.45, 2.75) is 18.7 Å². The minimum absolute atomic E-state index is 0.0844. The van der Waals surface area contributed by atoms with Crippen LogP contribution in [0.15, 0.2) is 27.6 Å². The van der Waals surface area contributed by atoms with Crippen LogP contribution in [-0.2, 0) is 10.0 Å². The fourth-order valence-electron chi connectivity index (χ4n) is 1.62. The first-order chi connectivity index (χ1) is 8.81. The van der Waals surface area contributed by atoms with Gasteiger partial charge in [-0.1, -0.05) is 5.16 Å². The molecule has 0 saturated heterocycles. The van der Waals surface area contributed by atoms with Crippen molar-refractivity contribution in [1.29, 1.82) is 0 Å². The number of anilines is 1. The summed E-state index contributed by atoms with van der Waals surface area (Å²) < 4.78 is 56.8. The first-order valence-corrected chi connectivity index (χ1v) is 6.70. The predicted octanol–water partition coefficient (Wildman–Crippen LogP) is 2.37. The van der Waals surface area contributed by atoms with Gasteiger partial charge in [-0.05, 0) is 26.0 Å². The molecule has 5 nitrogen and oxygen atoms in total. The Bertz CT molecular complexity index is 706. The van der Waals surface area contributed by atoms with Crippen LogP contribution in [0, 0.1) is 25.5 Å². The van der Waals surface area contributed by atoms with Gasteiger partial charge in [0.15, 0.2) is 22.3 Å². The lowest BCUT2D eigenvalue weighted by atomic mass is 10.3. The zero-order valence-corrected chi connectivity index (χ0v) is 10.9. The molecule has 0 atom stereocenters. The molecule has 0 saturated carbocycles. The molecule has 8 heteroatoms. The lowest BCUT2D eigenvalue weighted by Gasteiger charge is -2.07. The Balaban J connectivity index is 2.39. The summed E-state index contributed by atoms with van der Waals surface area (Å²) in [6.45, 7) is 2.91. The largest absolute Gasteiger partial charge is 0.360 e. The van der Waals surface area contributed by atoms with E-state index in [1.807, 2.05) is 0 Å². The van der Waals surface area contributed by atoms with Crippen LogP contribution in [0.5, 0.6) is 0 Å². The molecule has 1 heterocycles. The lowest BCUT2D eigenvalue weighted by Crippen LogP contribution is -2.14. The second-order valence-electron chi connectivity index (χ2n) is 3.89. The fourth-order valence-corrected chi connectivity index (χ4v) is 3.01. The van der Waals surface area contributed by atoms with Gasteiger partial charge in [-0.2, -0.15) is 0 Å². The van der Waals surface area contributed by atoms with Gasteiger partial charge in [0.25, 0.3) is 10.0 Å². The first kappa shape index (κ1) is 13.5. The molecule has 0 radical (unpaired) electrons. The molecule has 1 aromatic carbocycles. The minimum Gasteiger partial charge on any atom is -0.360 e. The third kappa shape index (κ3) is 2.58. The molecule has 0 fully saturated rings. The van der Waals surface area contributed by atoms with Crippen LogP contribution in [0.2, 0.25) is 0 Å². The summed E-state index contributed by atoms with van der Waals surface area (Å²) in [5.41, 5.74) is 0.103. The van der Waals surface area contributed by atoms with Crippen molar-refractivity contribution in [2.75, 3.05) is 4.72 Å². The summed E-state index contributed by atoms with van der Waals surface area (Å²) in [5, 5.41) is 3.53. The number of nitrogens with zero attached hydrogens (tertiary/aromatic N) is 1. The molecular formula is C11H10F2N2O3S. The second-order valence-corrected chi connectivity index (χ2v) is 5.51. The van der Waals surface area contributed by atoms with E-state index in [2.05, 4.69) is 9.88 Å². The second kappa shape index (κ2) is 4.61. The molecule has 1 N–H and O–H groups in total. The van der Waals surface area contributed by atoms with E-state index < -0.39 is 21.7 Å². The Labute approximate surface area is 108 Å². The normalized spacial score (nSPS) is 11.6. The van der Waals surface area contributed by atoms with Crippen LogP contribution < -0.4 is 4.72 Å². The predicted molar refractivity (Wildman–Crippen MR) is 63.1 cm³/mol. The third-order valence-electron chi connectivity index (χ3n) is 2.41. The Morgan fingerprint density at radius 1 is 1.21 bits per heavy atom. The molecule has 0 unspecified atom stereocenters. The maximum atomic E-state index is 13.0. The molecule has 0 spiro atoms. The third-order valence-corrected chi connectivity index (χ3v) is 4.03. The van der Waals surface area contributed by atoms with Crippen molar-refractivity contribution in [3.8, 4) is 0 Å². The number of hydrogen-bond acceptors (Lipinski definition) is 4. The maximum absolute atomic E-state index is 13.0. The Morgan fingerprint density at radius 3 is 2.42 bits per heavy atom. The molecule has 102 valence electrons. The monoisotopic (exact) mass is 288 g/mol. The summed E-state index contributed by atoms with van der Waals surface area (Å²) in [6, 6.07) is 2.71. The Kier molecular flexibility index (Phi) is 3.27. The first-order valence-electron chi connectivity index (χ1n) is 5.22. The number of rotatable bonds is 3. The number of nitrogens with one attached hydrogen (secondary N) is 1. The highest BCUT2D eigenvalue weighted by atomic mass is 32.2. The summed E-state index contributed by atoms with van der Waals surface area (Å²) in [4.78, 5) is -0.114. The van der Waals surface area contributed by atoms with E-state index in [4.69, 9.17) is 4.52 Å². The van der Waals surface area contributed by atoms with Crippen molar-refractivity contribution < 1.29 is 21.7 Å². The zero-order valence-electron chi connectivity index (χ0n) is 10.1. The van der Waals surface area contributed by atoms with Gasteiger partial charge < -0.3 is 4.52 Å². The number of benzene rings is 1. The van der Waals surface area contributed by atoms with E-state index in [0.29, 0.717) is 0 Å². The van der Waals surface area contributed by atoms with E-state index in [-0.39, 0.29) is 22.0 Å². The molecular weight excluding hydrogens is 278 g/mol. The number of aromatic nitrogens is 1. The highest BCUT2D eigenvalue weighted by Crippen LogP contribution is 2.23. The van der Waals surface area contributed by atoms with E-state index in [1.54, 1.807) is 0 Å². The Morgan fingerprint density at radius 2 is 1.89 bits per heavy atom. The molecule has 19 heavy (non-hydrogen) atoms. The summed E-state index contributed by atoms with van der Waals surface area (Å²) in [5.74, 6) is -2.08. The number of halogens is 2. The van der Waals surface area contributed by atoms with Crippen molar-refractivity contribution >= 4 is 15.7 Å². The van der Waals surface area contributed by atoms with Gasteiger partial charge in [0, 0.05) is 6.07 Å². The van der Waals surface area contributed by atoms with Crippen LogP contribution in [0.4, 0.5) is 14.5 Å². The summed E-state index contributed by atoms with van der Waals surface area (Å²) in [7, 11) is -3.96. The molecule has 2 aromatic rings. The zero-order chi connectivity index (χ0) is 14.2. The lowest BCUT2D eigenvalue weighted by molar-refractivity contribution is 0.390. The van der Waals surface area contributed by atoms with Crippen molar-refractivity contribution in [3.63, 3.8) is 0 Å². The number of aryl methyl sites for hydroxylation is 2. The maximum Gasteiger partial charge on any atom is 0.267 e.